The van der Waals surface area contributed by atoms with Crippen LogP contribution in [-0.4, -0.2) is 18.3 Å². The highest BCUT2D eigenvalue weighted by atomic mass is 16.5. The molecule has 0 bridgehead atoms. The summed E-state index contributed by atoms with van der Waals surface area (Å²) in [5.74, 6) is 0.411. The number of benzene rings is 1. The summed E-state index contributed by atoms with van der Waals surface area (Å²) in [4.78, 5) is 0. The largest absolute Gasteiger partial charge is 0.507 e. The molecule has 1 aromatic carbocycles. The maximum Gasteiger partial charge on any atom is 0.121 e. The molecule has 1 aromatic rings. The molecule has 0 saturated heterocycles. The Morgan fingerprint density at radius 2 is 1.82 bits per heavy atom. The molecule has 0 atom stereocenters. The van der Waals surface area contributed by atoms with Crippen LogP contribution in [0.25, 0.3) is 0 Å². The van der Waals surface area contributed by atoms with Crippen LogP contribution < -0.4 is 0 Å². The molecule has 0 unspecified atom stereocenters. The Bertz CT molecular complexity index is 341. The summed E-state index contributed by atoms with van der Waals surface area (Å²) in [5, 5.41) is 9.58. The predicted octanol–water partition coefficient (Wildman–Crippen LogP) is 3.78. The van der Waals surface area contributed by atoms with Gasteiger partial charge in [-0.15, -0.1) is 6.58 Å². The average Bonchev–Trinajstić information content (AvgIpc) is 2.32. The third-order valence-corrected chi connectivity index (χ3v) is 2.52. The number of rotatable bonds is 4. The molecule has 0 saturated carbocycles. The zero-order valence-corrected chi connectivity index (χ0v) is 11.4. The van der Waals surface area contributed by atoms with Crippen LogP contribution >= 0.6 is 0 Å². The first-order valence-electron chi connectivity index (χ1n) is 6.05. The predicted molar refractivity (Wildman–Crippen MR) is 73.6 cm³/mol. The van der Waals surface area contributed by atoms with Gasteiger partial charge in [0.1, 0.15) is 5.75 Å². The molecule has 0 radical (unpaired) electrons. The SMILES string of the molecule is C=CCc1ccc(C)c(O)c1C.CCOCC. The standard InChI is InChI=1S/C11H14O.C4H10O/c1-4-5-10-7-6-8(2)11(12)9(10)3;1-3-5-4-2/h4,6-7,12H,1,5H2,2-3H3;3-4H2,1-2H3. The molecule has 0 aliphatic rings. The van der Waals surface area contributed by atoms with Crippen LogP contribution in [0.4, 0.5) is 0 Å². The summed E-state index contributed by atoms with van der Waals surface area (Å²) in [6.07, 6.45) is 2.66. The summed E-state index contributed by atoms with van der Waals surface area (Å²) in [7, 11) is 0. The molecule has 2 heteroatoms. The van der Waals surface area contributed by atoms with Gasteiger partial charge in [0.15, 0.2) is 0 Å². The molecule has 0 spiro atoms. The average molecular weight is 236 g/mol. The summed E-state index contributed by atoms with van der Waals surface area (Å²) < 4.78 is 4.83. The summed E-state index contributed by atoms with van der Waals surface area (Å²) in [6, 6.07) is 3.97. The van der Waals surface area contributed by atoms with E-state index in [4.69, 9.17) is 4.74 Å². The number of hydrogen-bond donors (Lipinski definition) is 1. The van der Waals surface area contributed by atoms with Gasteiger partial charge in [-0.05, 0) is 50.8 Å². The van der Waals surface area contributed by atoms with Crippen LogP contribution in [0.3, 0.4) is 0 Å². The fraction of sp³-hybridized carbons (Fsp3) is 0.467. The quantitative estimate of drug-likeness (QED) is 0.806. The van der Waals surface area contributed by atoms with E-state index in [9.17, 15) is 5.11 Å². The number of allylic oxidation sites excluding steroid dienone is 1. The Kier molecular flexibility index (Phi) is 8.16. The van der Waals surface area contributed by atoms with E-state index >= 15 is 0 Å². The first-order chi connectivity index (χ1) is 8.08. The number of phenols is 1. The van der Waals surface area contributed by atoms with Crippen LogP contribution in [0.2, 0.25) is 0 Å². The van der Waals surface area contributed by atoms with Crippen molar-refractivity contribution in [2.45, 2.75) is 34.1 Å². The molecule has 0 aromatic heterocycles. The molecular weight excluding hydrogens is 212 g/mol. The van der Waals surface area contributed by atoms with Crippen LogP contribution in [0.15, 0.2) is 24.8 Å². The lowest BCUT2D eigenvalue weighted by atomic mass is 10.0. The molecule has 0 heterocycles. The van der Waals surface area contributed by atoms with Gasteiger partial charge in [0.2, 0.25) is 0 Å². The summed E-state index contributed by atoms with van der Waals surface area (Å²) >= 11 is 0. The molecule has 1 N–H and O–H groups in total. The van der Waals surface area contributed by atoms with Gasteiger partial charge in [-0.1, -0.05) is 18.2 Å². The van der Waals surface area contributed by atoms with Gasteiger partial charge in [-0.2, -0.15) is 0 Å². The van der Waals surface area contributed by atoms with Crippen LogP contribution in [0.1, 0.15) is 30.5 Å². The Hall–Kier alpha value is -1.28. The zero-order valence-electron chi connectivity index (χ0n) is 11.4. The molecule has 2 nitrogen and oxygen atoms in total. The van der Waals surface area contributed by atoms with Gasteiger partial charge in [0, 0.05) is 13.2 Å². The van der Waals surface area contributed by atoms with Gasteiger partial charge < -0.3 is 9.84 Å². The Labute approximate surface area is 105 Å². The molecular formula is C15H24O2. The van der Waals surface area contributed by atoms with E-state index in [2.05, 4.69) is 6.58 Å². The third kappa shape index (κ3) is 5.55. The van der Waals surface area contributed by atoms with Crippen molar-refractivity contribution in [3.63, 3.8) is 0 Å². The fourth-order valence-electron chi connectivity index (χ4n) is 1.46. The highest BCUT2D eigenvalue weighted by Crippen LogP contribution is 2.24. The van der Waals surface area contributed by atoms with Gasteiger partial charge in [-0.3, -0.25) is 0 Å². The molecule has 1 rings (SSSR count). The lowest BCUT2D eigenvalue weighted by Gasteiger charge is -2.07. The smallest absolute Gasteiger partial charge is 0.121 e. The Balaban J connectivity index is 0.000000437. The lowest BCUT2D eigenvalue weighted by Crippen LogP contribution is -1.89. The minimum atomic E-state index is 0.411. The maximum absolute atomic E-state index is 9.58. The van der Waals surface area contributed by atoms with Crippen molar-refractivity contribution in [1.82, 2.24) is 0 Å². The molecule has 17 heavy (non-hydrogen) atoms. The second-order valence-corrected chi connectivity index (χ2v) is 3.79. The van der Waals surface area contributed by atoms with Crippen LogP contribution in [0.5, 0.6) is 5.75 Å². The Morgan fingerprint density at radius 1 is 1.24 bits per heavy atom. The zero-order chi connectivity index (χ0) is 13.3. The fourth-order valence-corrected chi connectivity index (χ4v) is 1.46. The number of hydrogen-bond acceptors (Lipinski definition) is 2. The number of aromatic hydroxyl groups is 1. The van der Waals surface area contributed by atoms with E-state index in [1.807, 2.05) is 45.9 Å². The van der Waals surface area contributed by atoms with Gasteiger partial charge in [0.05, 0.1) is 0 Å². The van der Waals surface area contributed by atoms with Crippen molar-refractivity contribution in [3.8, 4) is 5.75 Å². The molecule has 0 fully saturated rings. The van der Waals surface area contributed by atoms with Gasteiger partial charge >= 0.3 is 0 Å². The monoisotopic (exact) mass is 236 g/mol. The molecule has 96 valence electrons. The highest BCUT2D eigenvalue weighted by Gasteiger charge is 2.03. The number of phenolic OH excluding ortho intramolecular Hbond substituents is 1. The summed E-state index contributed by atoms with van der Waals surface area (Å²) in [6.45, 7) is 13.2. The molecule has 0 aliphatic heterocycles. The van der Waals surface area contributed by atoms with E-state index in [0.29, 0.717) is 5.75 Å². The van der Waals surface area contributed by atoms with Crippen molar-refractivity contribution in [1.29, 1.82) is 0 Å². The van der Waals surface area contributed by atoms with E-state index in [1.165, 1.54) is 0 Å². The van der Waals surface area contributed by atoms with E-state index in [1.54, 1.807) is 0 Å². The topological polar surface area (TPSA) is 29.5 Å². The normalized spacial score (nSPS) is 9.41. The van der Waals surface area contributed by atoms with E-state index in [0.717, 1.165) is 36.3 Å². The minimum Gasteiger partial charge on any atom is -0.507 e. The molecule has 0 aliphatic carbocycles. The van der Waals surface area contributed by atoms with Crippen molar-refractivity contribution < 1.29 is 9.84 Å². The number of ether oxygens (including phenoxy) is 1. The van der Waals surface area contributed by atoms with Crippen molar-refractivity contribution in [3.05, 3.63) is 41.5 Å². The molecule has 0 amide bonds. The van der Waals surface area contributed by atoms with Crippen LogP contribution in [-0.2, 0) is 11.2 Å². The summed E-state index contributed by atoms with van der Waals surface area (Å²) in [5.41, 5.74) is 3.04. The van der Waals surface area contributed by atoms with Gasteiger partial charge in [-0.25, -0.2) is 0 Å². The highest BCUT2D eigenvalue weighted by molar-refractivity contribution is 5.44. The lowest BCUT2D eigenvalue weighted by molar-refractivity contribution is 0.162. The van der Waals surface area contributed by atoms with Crippen molar-refractivity contribution in [2.75, 3.05) is 13.2 Å². The number of aryl methyl sites for hydroxylation is 1. The van der Waals surface area contributed by atoms with Crippen LogP contribution in [0, 0.1) is 13.8 Å². The first kappa shape index (κ1) is 15.7. The maximum atomic E-state index is 9.58. The first-order valence-corrected chi connectivity index (χ1v) is 6.05. The van der Waals surface area contributed by atoms with Crippen molar-refractivity contribution >= 4 is 0 Å². The van der Waals surface area contributed by atoms with E-state index in [-0.39, 0.29) is 0 Å². The van der Waals surface area contributed by atoms with E-state index < -0.39 is 0 Å². The second kappa shape index (κ2) is 8.82. The second-order valence-electron chi connectivity index (χ2n) is 3.79. The third-order valence-electron chi connectivity index (χ3n) is 2.52. The van der Waals surface area contributed by atoms with Gasteiger partial charge in [0.25, 0.3) is 0 Å². The van der Waals surface area contributed by atoms with Crippen molar-refractivity contribution in [2.24, 2.45) is 0 Å². The minimum absolute atomic E-state index is 0.411. The Morgan fingerprint density at radius 3 is 2.24 bits per heavy atom.